The summed E-state index contributed by atoms with van der Waals surface area (Å²) in [6.45, 7) is 7.76. The van der Waals surface area contributed by atoms with Crippen molar-refractivity contribution in [3.05, 3.63) is 94.1 Å². The lowest BCUT2D eigenvalue weighted by atomic mass is 9.68. The van der Waals surface area contributed by atoms with Gasteiger partial charge in [0.2, 0.25) is 7.29 Å². The molecule has 2 aliphatic rings. The Balaban J connectivity index is 2.16. The van der Waals surface area contributed by atoms with Crippen molar-refractivity contribution in [2.24, 2.45) is 23.7 Å². The SMILES string of the molecule is C=C(C)Oc1ccc(C2C(C(=O)CC)C(=O)C(P(=O)(C3=C(O)C(C(=O)O)C(c4ccc(OC(C)=O)cc4)C(C(=O)OCC)C3=O)N(CCCl)CCCl)=C(O)C2C(=O)O)cc1. The Hall–Kier alpha value is -5.28. The summed E-state index contributed by atoms with van der Waals surface area (Å²) in [6.07, 6.45) is -0.363. The first-order valence-corrected chi connectivity index (χ1v) is 21.3. The molecule has 0 aliphatic heterocycles. The molecular formula is C41H44Cl2NO15P. The second-order valence-corrected chi connectivity index (χ2v) is 17.2. The molecule has 0 amide bonds. The lowest BCUT2D eigenvalue weighted by Gasteiger charge is -2.43. The van der Waals surface area contributed by atoms with E-state index in [0.29, 0.717) is 5.76 Å². The van der Waals surface area contributed by atoms with E-state index in [9.17, 15) is 44.4 Å². The highest BCUT2D eigenvalue weighted by atomic mass is 35.5. The molecule has 2 aromatic rings. The van der Waals surface area contributed by atoms with E-state index in [-0.39, 0.29) is 35.7 Å². The molecule has 4 rings (SSSR count). The smallest absolute Gasteiger partial charge is 0.317 e. The zero-order valence-electron chi connectivity index (χ0n) is 33.0. The standard InChI is InChI=1S/C41H44Cl2NO15P/c1-6-26(46)29-27(22-8-12-24(13-9-22)58-20(3)4)30(39(51)52)34(48)37(33(29)47)60(56,44(18-16-42)19-17-43)38-35(49)31(40(53)54)28(32(36(38)50)41(55)57-7-2)23-10-14-25(15-11-23)59-21(5)45/h8-15,27-32,48-49H,3,6-7,16-19H2,1-2,4-5H3,(H,51,52)(H,53,54). The number of aliphatic hydroxyl groups excluding tert-OH is 2. The number of allylic oxidation sites excluding steroid dienone is 3. The van der Waals surface area contributed by atoms with Crippen LogP contribution in [-0.2, 0) is 42.9 Å². The van der Waals surface area contributed by atoms with Gasteiger partial charge in [-0.3, -0.25) is 38.1 Å². The third kappa shape index (κ3) is 9.21. The number of benzene rings is 2. The molecular weight excluding hydrogens is 848 g/mol. The number of halogens is 2. The molecule has 7 unspecified atom stereocenters. The van der Waals surface area contributed by atoms with E-state index in [1.807, 2.05) is 0 Å². The van der Waals surface area contributed by atoms with Gasteiger partial charge < -0.3 is 34.6 Å². The molecule has 7 atom stereocenters. The van der Waals surface area contributed by atoms with Crippen molar-refractivity contribution in [3.63, 3.8) is 0 Å². The van der Waals surface area contributed by atoms with Gasteiger partial charge in [-0.1, -0.05) is 37.8 Å². The van der Waals surface area contributed by atoms with Gasteiger partial charge in [0, 0.05) is 50.0 Å². The van der Waals surface area contributed by atoms with Crippen molar-refractivity contribution in [1.29, 1.82) is 0 Å². The predicted molar refractivity (Wildman–Crippen MR) is 216 cm³/mol. The van der Waals surface area contributed by atoms with Crippen molar-refractivity contribution in [2.75, 3.05) is 31.5 Å². The number of carbonyl (C=O) groups excluding carboxylic acids is 5. The minimum atomic E-state index is -5.61. The lowest BCUT2D eigenvalue weighted by molar-refractivity contribution is -0.155. The van der Waals surface area contributed by atoms with Crippen LogP contribution >= 0.6 is 30.5 Å². The number of aliphatic hydroxyl groups is 2. The maximum Gasteiger partial charge on any atom is 0.317 e. The van der Waals surface area contributed by atoms with E-state index in [1.54, 1.807) is 6.92 Å². The second-order valence-electron chi connectivity index (χ2n) is 13.9. The Kier molecular flexibility index (Phi) is 15.7. The number of ether oxygens (including phenoxy) is 3. The summed E-state index contributed by atoms with van der Waals surface area (Å²) >= 11 is 12.3. The van der Waals surface area contributed by atoms with Crippen molar-refractivity contribution >= 4 is 71.7 Å². The molecule has 16 nitrogen and oxygen atoms in total. The normalized spacial score (nSPS) is 22.9. The zero-order valence-corrected chi connectivity index (χ0v) is 35.4. The number of Topliss-reactive ketones (excluding diaryl/α,β-unsaturated/α-hetero) is 3. The molecule has 19 heteroatoms. The lowest BCUT2D eigenvalue weighted by Crippen LogP contribution is -2.47. The largest absolute Gasteiger partial charge is 0.510 e. The summed E-state index contributed by atoms with van der Waals surface area (Å²) in [4.78, 5) is 95.9. The number of hydrogen-bond acceptors (Lipinski definition) is 13. The van der Waals surface area contributed by atoms with Crippen LogP contribution < -0.4 is 9.47 Å². The zero-order chi connectivity index (χ0) is 44.8. The van der Waals surface area contributed by atoms with E-state index in [0.717, 1.165) is 11.6 Å². The van der Waals surface area contributed by atoms with Crippen LogP contribution in [0.1, 0.15) is 57.1 Å². The van der Waals surface area contributed by atoms with Crippen LogP contribution in [0.25, 0.3) is 0 Å². The number of carboxylic acid groups (broad SMARTS) is 2. The Labute approximate surface area is 354 Å². The van der Waals surface area contributed by atoms with E-state index >= 15 is 14.2 Å². The molecule has 0 heterocycles. The average molecular weight is 893 g/mol. The summed E-state index contributed by atoms with van der Waals surface area (Å²) < 4.78 is 32.9. The molecule has 0 fully saturated rings. The minimum Gasteiger partial charge on any atom is -0.510 e. The molecule has 0 radical (unpaired) electrons. The van der Waals surface area contributed by atoms with Crippen LogP contribution in [0.2, 0.25) is 0 Å². The predicted octanol–water partition coefficient (Wildman–Crippen LogP) is 6.33. The average Bonchev–Trinajstić information content (AvgIpc) is 3.17. The number of alkyl halides is 2. The van der Waals surface area contributed by atoms with Gasteiger partial charge in [-0.25, -0.2) is 4.67 Å². The molecule has 60 heavy (non-hydrogen) atoms. The first kappa shape index (κ1) is 47.4. The summed E-state index contributed by atoms with van der Waals surface area (Å²) in [5, 5.41) is 43.1. The van der Waals surface area contributed by atoms with Crippen LogP contribution in [0.4, 0.5) is 0 Å². The van der Waals surface area contributed by atoms with E-state index in [2.05, 4.69) is 6.58 Å². The van der Waals surface area contributed by atoms with E-state index < -0.39 is 131 Å². The maximum absolute atomic E-state index is 16.4. The van der Waals surface area contributed by atoms with Gasteiger partial charge in [0.1, 0.15) is 57.2 Å². The number of carboxylic acids is 2. The molecule has 0 spiro atoms. The second kappa shape index (κ2) is 19.9. The molecule has 322 valence electrons. The summed E-state index contributed by atoms with van der Waals surface area (Å²) in [5.41, 5.74) is 0.0171. The molecule has 2 aromatic carbocycles. The number of aliphatic carboxylic acids is 2. The molecule has 0 aromatic heterocycles. The third-order valence-electron chi connectivity index (χ3n) is 10.1. The van der Waals surface area contributed by atoms with Crippen LogP contribution in [0.15, 0.2) is 83.0 Å². The molecule has 0 saturated heterocycles. The van der Waals surface area contributed by atoms with Gasteiger partial charge in [0.05, 0.1) is 18.3 Å². The molecule has 0 bridgehead atoms. The number of nitrogens with zero attached hydrogens (tertiary/aromatic N) is 1. The fourth-order valence-corrected chi connectivity index (χ4v) is 11.7. The van der Waals surface area contributed by atoms with E-state index in [1.165, 1.54) is 62.4 Å². The topological polar surface area (TPSA) is 248 Å². The van der Waals surface area contributed by atoms with Crippen LogP contribution in [0, 0.1) is 23.7 Å². The first-order chi connectivity index (χ1) is 28.3. The monoisotopic (exact) mass is 891 g/mol. The van der Waals surface area contributed by atoms with Crippen LogP contribution in [0.5, 0.6) is 11.5 Å². The number of hydrogen-bond donors (Lipinski definition) is 4. The number of carbonyl (C=O) groups is 7. The highest BCUT2D eigenvalue weighted by molar-refractivity contribution is 7.72. The Bertz CT molecular complexity index is 2180. The Morgan fingerprint density at radius 2 is 1.13 bits per heavy atom. The van der Waals surface area contributed by atoms with Gasteiger partial charge in [-0.05, 0) is 49.2 Å². The highest BCUT2D eigenvalue weighted by Crippen LogP contribution is 2.70. The van der Waals surface area contributed by atoms with Crippen molar-refractivity contribution in [2.45, 2.75) is 46.0 Å². The van der Waals surface area contributed by atoms with Crippen molar-refractivity contribution < 1.29 is 72.8 Å². The summed E-state index contributed by atoms with van der Waals surface area (Å²) in [7, 11) is -5.61. The van der Waals surface area contributed by atoms with Crippen LogP contribution in [-0.4, -0.2) is 97.8 Å². The third-order valence-corrected chi connectivity index (χ3v) is 13.7. The van der Waals surface area contributed by atoms with E-state index in [4.69, 9.17) is 37.4 Å². The van der Waals surface area contributed by atoms with Crippen LogP contribution in [0.3, 0.4) is 0 Å². The maximum atomic E-state index is 16.4. The fourth-order valence-electron chi connectivity index (χ4n) is 7.73. The fraction of sp³-hybridized carbons (Fsp3) is 0.390. The highest BCUT2D eigenvalue weighted by Gasteiger charge is 2.62. The Morgan fingerprint density at radius 3 is 1.50 bits per heavy atom. The molecule has 4 N–H and O–H groups in total. The quantitative estimate of drug-likeness (QED) is 0.0319. The van der Waals surface area contributed by atoms with Gasteiger partial charge in [-0.2, -0.15) is 0 Å². The number of ketones is 3. The van der Waals surface area contributed by atoms with Gasteiger partial charge in [0.25, 0.3) is 0 Å². The molecule has 2 aliphatic carbocycles. The van der Waals surface area contributed by atoms with Crippen molar-refractivity contribution in [3.8, 4) is 11.5 Å². The number of esters is 2. The first-order valence-electron chi connectivity index (χ1n) is 18.6. The van der Waals surface area contributed by atoms with Crippen molar-refractivity contribution in [1.82, 2.24) is 4.67 Å². The number of rotatable bonds is 18. The van der Waals surface area contributed by atoms with Gasteiger partial charge >= 0.3 is 23.9 Å². The molecule has 0 saturated carbocycles. The summed E-state index contributed by atoms with van der Waals surface area (Å²) in [5.74, 6) is -24.4. The minimum absolute atomic E-state index is 0.00696. The van der Waals surface area contributed by atoms with Gasteiger partial charge in [-0.15, -0.1) is 23.2 Å². The summed E-state index contributed by atoms with van der Waals surface area (Å²) in [6, 6.07) is 10.5. The Morgan fingerprint density at radius 1 is 0.717 bits per heavy atom. The van der Waals surface area contributed by atoms with Gasteiger partial charge in [0.15, 0.2) is 11.6 Å².